The van der Waals surface area contributed by atoms with Crippen molar-refractivity contribution in [3.8, 4) is 0 Å². The summed E-state index contributed by atoms with van der Waals surface area (Å²) in [5.41, 5.74) is 2.75. The molecule has 0 aromatic heterocycles. The van der Waals surface area contributed by atoms with Gasteiger partial charge in [-0.05, 0) is 44.1 Å². The molecule has 0 N–H and O–H groups in total. The summed E-state index contributed by atoms with van der Waals surface area (Å²) in [7, 11) is 8.87. The van der Waals surface area contributed by atoms with Crippen LogP contribution in [0.1, 0.15) is 71.9 Å². The average molecular weight is 499 g/mol. The molecule has 1 rings (SSSR count). The van der Waals surface area contributed by atoms with Crippen molar-refractivity contribution < 1.29 is 27.3 Å². The Balaban J connectivity index is 0.000000644. The summed E-state index contributed by atoms with van der Waals surface area (Å²) < 4.78 is 22.1. The molecular formula is C27H52NO5Si+. The molecule has 0 atom stereocenters. The Morgan fingerprint density at radius 1 is 0.882 bits per heavy atom. The third-order valence-electron chi connectivity index (χ3n) is 6.51. The minimum absolute atomic E-state index is 0.162. The van der Waals surface area contributed by atoms with Crippen LogP contribution in [0, 0.1) is 5.41 Å². The van der Waals surface area contributed by atoms with Crippen LogP contribution in [0.15, 0.2) is 24.3 Å². The lowest BCUT2D eigenvalue weighted by Crippen LogP contribution is -2.42. The fraction of sp³-hybridized carbons (Fsp3) is 0.741. The van der Waals surface area contributed by atoms with Crippen LogP contribution in [0.4, 0.5) is 0 Å². The van der Waals surface area contributed by atoms with E-state index >= 15 is 0 Å². The number of quaternary nitrogens is 1. The van der Waals surface area contributed by atoms with Gasteiger partial charge in [-0.15, -0.1) is 0 Å². The first-order valence-electron chi connectivity index (χ1n) is 12.3. The molecule has 198 valence electrons. The van der Waals surface area contributed by atoms with Gasteiger partial charge in [0.15, 0.2) is 0 Å². The second-order valence-corrected chi connectivity index (χ2v) is 14.2. The normalized spacial score (nSPS) is 12.7. The van der Waals surface area contributed by atoms with Gasteiger partial charge in [-0.2, -0.15) is 0 Å². The van der Waals surface area contributed by atoms with E-state index in [0.29, 0.717) is 24.5 Å². The maximum absolute atomic E-state index is 11.7. The van der Waals surface area contributed by atoms with Crippen LogP contribution < -0.4 is 0 Å². The van der Waals surface area contributed by atoms with Gasteiger partial charge in [0.1, 0.15) is 6.54 Å². The van der Waals surface area contributed by atoms with Crippen LogP contribution in [0.3, 0.4) is 0 Å². The van der Waals surface area contributed by atoms with Gasteiger partial charge in [-0.25, -0.2) is 0 Å². The van der Waals surface area contributed by atoms with E-state index in [1.807, 2.05) is 20.8 Å². The predicted molar refractivity (Wildman–Crippen MR) is 143 cm³/mol. The molecule has 0 saturated heterocycles. The zero-order chi connectivity index (χ0) is 26.6. The van der Waals surface area contributed by atoms with Gasteiger partial charge in [-0.1, -0.05) is 52.0 Å². The van der Waals surface area contributed by atoms with Gasteiger partial charge >= 0.3 is 14.8 Å². The fourth-order valence-corrected chi connectivity index (χ4v) is 4.85. The maximum atomic E-state index is 11.7. The van der Waals surface area contributed by atoms with Crippen molar-refractivity contribution >= 4 is 14.8 Å². The molecular weight excluding hydrogens is 446 g/mol. The van der Waals surface area contributed by atoms with Crippen molar-refractivity contribution in [1.82, 2.24) is 0 Å². The van der Waals surface area contributed by atoms with E-state index in [1.165, 1.54) is 17.5 Å². The number of esters is 1. The zero-order valence-corrected chi connectivity index (χ0v) is 25.0. The molecule has 0 unspecified atom stereocenters. The molecule has 0 radical (unpaired) electrons. The Morgan fingerprint density at radius 3 is 1.76 bits per heavy atom. The largest absolute Gasteiger partial charge is 0.500 e. The van der Waals surface area contributed by atoms with Gasteiger partial charge < -0.3 is 22.5 Å². The number of rotatable bonds is 13. The summed E-state index contributed by atoms with van der Waals surface area (Å²) >= 11 is 0. The highest BCUT2D eigenvalue weighted by Gasteiger charge is 2.37. The molecule has 0 fully saturated rings. The molecule has 1 aromatic carbocycles. The Morgan fingerprint density at radius 2 is 1.38 bits per heavy atom. The fourth-order valence-electron chi connectivity index (χ4n) is 3.16. The third kappa shape index (κ3) is 11.4. The Kier molecular flexibility index (Phi) is 13.8. The highest BCUT2D eigenvalue weighted by molar-refractivity contribution is 6.60. The first-order chi connectivity index (χ1) is 15.6. The molecule has 0 bridgehead atoms. The Hall–Kier alpha value is -1.25. The first-order valence-corrected chi connectivity index (χ1v) is 14.3. The molecule has 0 spiro atoms. The summed E-state index contributed by atoms with van der Waals surface area (Å²) in [6.45, 7) is 14.1. The lowest BCUT2D eigenvalue weighted by Gasteiger charge is -2.26. The van der Waals surface area contributed by atoms with E-state index in [4.69, 9.17) is 18.0 Å². The highest BCUT2D eigenvalue weighted by Crippen LogP contribution is 2.27. The van der Waals surface area contributed by atoms with E-state index in [9.17, 15) is 4.79 Å². The number of ether oxygens (including phenoxy) is 1. The number of carbonyl (C=O) groups is 1. The van der Waals surface area contributed by atoms with Crippen molar-refractivity contribution in [2.45, 2.75) is 78.8 Å². The second kappa shape index (κ2) is 14.3. The average Bonchev–Trinajstić information content (AvgIpc) is 2.79. The number of nitrogens with zero attached hydrogens (tertiary/aromatic N) is 1. The molecule has 0 aliphatic carbocycles. The molecule has 0 aliphatic rings. The molecule has 7 heteroatoms. The first kappa shape index (κ1) is 32.7. The van der Waals surface area contributed by atoms with Crippen LogP contribution in [0.5, 0.6) is 0 Å². The second-order valence-electron chi connectivity index (χ2n) is 11.2. The van der Waals surface area contributed by atoms with Crippen LogP contribution in [0.2, 0.25) is 6.04 Å². The van der Waals surface area contributed by atoms with E-state index < -0.39 is 14.2 Å². The quantitative estimate of drug-likeness (QED) is 0.149. The number of carbonyl (C=O) groups excluding carboxylic acids is 1. The lowest BCUT2D eigenvalue weighted by atomic mass is 9.82. The van der Waals surface area contributed by atoms with E-state index in [1.54, 1.807) is 21.3 Å². The van der Waals surface area contributed by atoms with Gasteiger partial charge in [0, 0.05) is 32.9 Å². The van der Waals surface area contributed by atoms with Crippen LogP contribution >= 0.6 is 0 Å². The number of hydrogen-bond acceptors (Lipinski definition) is 5. The molecule has 0 amide bonds. The van der Waals surface area contributed by atoms with Gasteiger partial charge in [0.25, 0.3) is 0 Å². The van der Waals surface area contributed by atoms with E-state index in [2.05, 4.69) is 66.2 Å². The minimum atomic E-state index is -2.53. The van der Waals surface area contributed by atoms with Crippen LogP contribution in [0.25, 0.3) is 0 Å². The molecule has 1 aromatic rings. The molecule has 0 aliphatic heterocycles. The monoisotopic (exact) mass is 498 g/mol. The summed E-state index contributed by atoms with van der Waals surface area (Å²) in [5.74, 6) is -0.162. The molecule has 0 heterocycles. The van der Waals surface area contributed by atoms with Crippen LogP contribution in [-0.4, -0.2) is 68.3 Å². The smallest absolute Gasteiger partial charge is 0.465 e. The third-order valence-corrected chi connectivity index (χ3v) is 9.34. The van der Waals surface area contributed by atoms with Crippen molar-refractivity contribution in [3.05, 3.63) is 35.4 Å². The molecule has 34 heavy (non-hydrogen) atoms. The summed E-state index contributed by atoms with van der Waals surface area (Å²) in [6, 6.07) is 9.76. The van der Waals surface area contributed by atoms with E-state index in [-0.39, 0.29) is 5.97 Å². The Bertz CT molecular complexity index is 698. The lowest BCUT2D eigenvalue weighted by molar-refractivity contribution is -0.884. The highest BCUT2D eigenvalue weighted by atomic mass is 28.4. The van der Waals surface area contributed by atoms with Gasteiger partial charge in [-0.3, -0.25) is 4.79 Å². The molecule has 0 saturated carbocycles. The minimum Gasteiger partial charge on any atom is -0.465 e. The van der Waals surface area contributed by atoms with E-state index in [0.717, 1.165) is 17.4 Å². The van der Waals surface area contributed by atoms with Gasteiger partial charge in [0.2, 0.25) is 0 Å². The van der Waals surface area contributed by atoms with Crippen molar-refractivity contribution in [3.63, 3.8) is 0 Å². The summed E-state index contributed by atoms with van der Waals surface area (Å²) in [5, 5.41) is 0. The predicted octanol–water partition coefficient (Wildman–Crippen LogP) is 5.81. The van der Waals surface area contributed by atoms with Crippen molar-refractivity contribution in [1.29, 1.82) is 0 Å². The number of benzene rings is 1. The molecule has 6 nitrogen and oxygen atoms in total. The summed E-state index contributed by atoms with van der Waals surface area (Å²) in [4.78, 5) is 11.7. The SMILES string of the molecule is CCC(C)(C)C(=O)OCCC[Si](OC)(OC)OC.CCC(C)(C)c1ccc(C[N+](C)(C)C)cc1. The zero-order valence-electron chi connectivity index (χ0n) is 24.0. The standard InChI is InChI=1S/C15H26N.C12H26O5Si/c1-7-15(2,3)14-10-8-13(9-11-14)12-16(4,5)6;1-7-12(2,3)11(13)17-9-8-10-18(14-4,15-5)16-6/h8-11H,7,12H2,1-6H3;7-10H2,1-6H3/q+1;. The summed E-state index contributed by atoms with van der Waals surface area (Å²) in [6.07, 6.45) is 2.62. The van der Waals surface area contributed by atoms with Crippen molar-refractivity contribution in [2.75, 3.05) is 49.1 Å². The maximum Gasteiger partial charge on any atom is 0.500 e. The van der Waals surface area contributed by atoms with Crippen LogP contribution in [-0.2, 0) is 34.8 Å². The van der Waals surface area contributed by atoms with Gasteiger partial charge in [0.05, 0.1) is 33.2 Å². The topological polar surface area (TPSA) is 54.0 Å². The number of hydrogen-bond donors (Lipinski definition) is 0. The van der Waals surface area contributed by atoms with Crippen molar-refractivity contribution in [2.24, 2.45) is 5.41 Å². The Labute approximate surface area is 210 Å².